The fraction of sp³-hybridized carbons (Fsp3) is 0.241. The van der Waals surface area contributed by atoms with E-state index in [0.29, 0.717) is 11.9 Å². The van der Waals surface area contributed by atoms with Crippen molar-refractivity contribution in [2.24, 2.45) is 0 Å². The van der Waals surface area contributed by atoms with E-state index in [0.717, 1.165) is 19.3 Å². The molecule has 0 amide bonds. The van der Waals surface area contributed by atoms with E-state index in [1.807, 2.05) is 28.7 Å². The zero-order valence-corrected chi connectivity index (χ0v) is 20.5. The van der Waals surface area contributed by atoms with Gasteiger partial charge in [-0.2, -0.15) is 0 Å². The summed E-state index contributed by atoms with van der Waals surface area (Å²) >= 11 is 3.75. The molecule has 5 rings (SSSR count). The molecule has 0 fully saturated rings. The number of thiophene rings is 2. The second kappa shape index (κ2) is 9.20. The van der Waals surface area contributed by atoms with Crippen molar-refractivity contribution in [3.63, 3.8) is 0 Å². The topological polar surface area (TPSA) is 34.1 Å². The molecule has 33 heavy (non-hydrogen) atoms. The molecule has 2 aliphatic carbocycles. The molecule has 4 heteroatoms. The lowest BCUT2D eigenvalue weighted by Gasteiger charge is -2.13. The first kappa shape index (κ1) is 22.0. The average Bonchev–Trinajstić information content (AvgIpc) is 3.57. The van der Waals surface area contributed by atoms with Crippen molar-refractivity contribution in [3.8, 4) is 10.4 Å². The number of aryl methyl sites for hydroxylation is 2. The minimum absolute atomic E-state index is 0.267. The lowest BCUT2D eigenvalue weighted by Crippen LogP contribution is -2.06. The zero-order chi connectivity index (χ0) is 22.9. The van der Waals surface area contributed by atoms with Crippen LogP contribution in [0.2, 0.25) is 0 Å². The van der Waals surface area contributed by atoms with E-state index in [4.69, 9.17) is 0 Å². The average molecular weight is 471 g/mol. The quantitative estimate of drug-likeness (QED) is 0.271. The number of rotatable bonds is 6. The largest absolute Gasteiger partial charge is 0.294 e. The van der Waals surface area contributed by atoms with Crippen LogP contribution in [0.4, 0.5) is 0 Å². The van der Waals surface area contributed by atoms with Crippen LogP contribution in [-0.2, 0) is 9.59 Å². The summed E-state index contributed by atoms with van der Waals surface area (Å²) in [6.45, 7) is 4.48. The highest BCUT2D eigenvalue weighted by molar-refractivity contribution is 7.15. The van der Waals surface area contributed by atoms with Crippen LogP contribution in [-0.4, -0.2) is 12.1 Å². The van der Waals surface area contributed by atoms with Gasteiger partial charge in [-0.05, 0) is 79.5 Å². The van der Waals surface area contributed by atoms with Crippen LogP contribution in [0.3, 0.4) is 0 Å². The number of carbonyl (C=O) groups excluding carboxylic acids is 2. The number of Topliss-reactive ketones (excluding diaryl/α,β-unsaturated/α-hetero) is 1. The molecule has 2 aliphatic rings. The normalized spacial score (nSPS) is 18.0. The van der Waals surface area contributed by atoms with Gasteiger partial charge in [0.15, 0.2) is 6.29 Å². The molecule has 1 atom stereocenters. The molecular formula is C29H26O2S2. The van der Waals surface area contributed by atoms with Crippen LogP contribution in [0.15, 0.2) is 66.3 Å². The Kier molecular flexibility index (Phi) is 6.13. The maximum atomic E-state index is 11.6. The standard InChI is InChI=1S/C29H26O2S2/c1-18-25(15-28(32-18)21-7-4-3-5-8-21)23-9-6-10-24(23)26-16-29(33-19(26)2)22-13-11-20(12-14-22)27(31)17-30/h3-5,7-8,11-13,15-17,22H,6,9-10,14H2,1-2H3. The Morgan fingerprint density at radius 3 is 2.33 bits per heavy atom. The third-order valence-electron chi connectivity index (χ3n) is 6.64. The number of hydrogen-bond acceptors (Lipinski definition) is 4. The Bertz CT molecular complexity index is 1310. The summed E-state index contributed by atoms with van der Waals surface area (Å²) in [6, 6.07) is 15.4. The van der Waals surface area contributed by atoms with E-state index < -0.39 is 5.78 Å². The predicted octanol–water partition coefficient (Wildman–Crippen LogP) is 7.93. The highest BCUT2D eigenvalue weighted by Crippen LogP contribution is 2.47. The first-order valence-corrected chi connectivity index (χ1v) is 13.0. The van der Waals surface area contributed by atoms with Gasteiger partial charge in [-0.1, -0.05) is 48.6 Å². The molecule has 0 radical (unpaired) electrons. The van der Waals surface area contributed by atoms with Gasteiger partial charge in [0.05, 0.1) is 0 Å². The van der Waals surface area contributed by atoms with Crippen LogP contribution in [0.5, 0.6) is 0 Å². The lowest BCUT2D eigenvalue weighted by atomic mass is 9.92. The Labute approximate surface area is 203 Å². The molecule has 2 nitrogen and oxygen atoms in total. The molecule has 2 heterocycles. The second-order valence-corrected chi connectivity index (χ2v) is 11.3. The number of benzene rings is 1. The van der Waals surface area contributed by atoms with Gasteiger partial charge in [0.25, 0.3) is 0 Å². The predicted molar refractivity (Wildman–Crippen MR) is 140 cm³/mol. The van der Waals surface area contributed by atoms with Crippen molar-refractivity contribution in [2.45, 2.75) is 45.4 Å². The van der Waals surface area contributed by atoms with Gasteiger partial charge in [0, 0.05) is 31.0 Å². The molecule has 166 valence electrons. The number of ketones is 1. The van der Waals surface area contributed by atoms with Gasteiger partial charge in [0.1, 0.15) is 0 Å². The van der Waals surface area contributed by atoms with Gasteiger partial charge in [-0.15, -0.1) is 22.7 Å². The number of hydrogen-bond donors (Lipinski definition) is 0. The number of aldehydes is 1. The monoisotopic (exact) mass is 470 g/mol. The maximum absolute atomic E-state index is 11.6. The smallest absolute Gasteiger partial charge is 0.225 e. The van der Waals surface area contributed by atoms with E-state index in [1.54, 1.807) is 6.08 Å². The number of carbonyl (C=O) groups is 2. The molecular weight excluding hydrogens is 444 g/mol. The first-order valence-electron chi connectivity index (χ1n) is 11.4. The zero-order valence-electron chi connectivity index (χ0n) is 18.9. The Balaban J connectivity index is 1.47. The molecule has 0 saturated carbocycles. The van der Waals surface area contributed by atoms with Gasteiger partial charge in [0.2, 0.25) is 5.78 Å². The van der Waals surface area contributed by atoms with Crippen LogP contribution in [0, 0.1) is 13.8 Å². The van der Waals surface area contributed by atoms with Crippen LogP contribution >= 0.6 is 22.7 Å². The molecule has 0 bridgehead atoms. The molecule has 0 saturated heterocycles. The fourth-order valence-electron chi connectivity index (χ4n) is 4.93. The summed E-state index contributed by atoms with van der Waals surface area (Å²) in [6.07, 6.45) is 10.4. The third kappa shape index (κ3) is 4.25. The van der Waals surface area contributed by atoms with Crippen LogP contribution in [0.25, 0.3) is 21.6 Å². The SMILES string of the molecule is Cc1sc(-c2ccccc2)cc1C1=C(c2cc(C3C=CC(C(=O)C=O)=CC3)sc2C)CCC1. The van der Waals surface area contributed by atoms with Crippen LogP contribution < -0.4 is 0 Å². The van der Waals surface area contributed by atoms with Crippen molar-refractivity contribution in [3.05, 3.63) is 92.0 Å². The molecule has 2 aromatic heterocycles. The molecule has 0 spiro atoms. The summed E-state index contributed by atoms with van der Waals surface area (Å²) in [5.41, 5.74) is 7.62. The van der Waals surface area contributed by atoms with Gasteiger partial charge in [-0.3, -0.25) is 9.59 Å². The Hall–Kier alpha value is -2.82. The molecule has 1 unspecified atom stereocenters. The summed E-state index contributed by atoms with van der Waals surface area (Å²) in [4.78, 5) is 27.8. The highest BCUT2D eigenvalue weighted by Gasteiger charge is 2.25. The first-order chi connectivity index (χ1) is 16.0. The molecule has 1 aromatic carbocycles. The van der Waals surface area contributed by atoms with Crippen LogP contribution in [0.1, 0.15) is 57.4 Å². The Morgan fingerprint density at radius 2 is 1.67 bits per heavy atom. The molecule has 3 aromatic rings. The van der Waals surface area contributed by atoms with Gasteiger partial charge >= 0.3 is 0 Å². The summed E-state index contributed by atoms with van der Waals surface area (Å²) < 4.78 is 0. The summed E-state index contributed by atoms with van der Waals surface area (Å²) in [7, 11) is 0. The Morgan fingerprint density at radius 1 is 0.970 bits per heavy atom. The number of allylic oxidation sites excluding steroid dienone is 6. The lowest BCUT2D eigenvalue weighted by molar-refractivity contribution is -0.127. The minimum atomic E-state index is -0.436. The van der Waals surface area contributed by atoms with Crippen molar-refractivity contribution >= 4 is 45.9 Å². The van der Waals surface area contributed by atoms with Crippen molar-refractivity contribution < 1.29 is 9.59 Å². The van der Waals surface area contributed by atoms with Crippen molar-refractivity contribution in [2.75, 3.05) is 0 Å². The van der Waals surface area contributed by atoms with E-state index in [9.17, 15) is 9.59 Å². The van der Waals surface area contributed by atoms with Crippen molar-refractivity contribution in [1.29, 1.82) is 0 Å². The van der Waals surface area contributed by atoms with Gasteiger partial charge < -0.3 is 0 Å². The highest BCUT2D eigenvalue weighted by atomic mass is 32.1. The van der Waals surface area contributed by atoms with E-state index in [1.165, 1.54) is 53.8 Å². The third-order valence-corrected chi connectivity index (χ3v) is 8.92. The summed E-state index contributed by atoms with van der Waals surface area (Å²) in [5, 5.41) is 0. The van der Waals surface area contributed by atoms with E-state index in [-0.39, 0.29) is 5.92 Å². The fourth-order valence-corrected chi connectivity index (χ4v) is 7.14. The maximum Gasteiger partial charge on any atom is 0.225 e. The van der Waals surface area contributed by atoms with Gasteiger partial charge in [-0.25, -0.2) is 0 Å². The second-order valence-electron chi connectivity index (χ2n) is 8.72. The minimum Gasteiger partial charge on any atom is -0.294 e. The summed E-state index contributed by atoms with van der Waals surface area (Å²) in [5.74, 6) is -0.168. The van der Waals surface area contributed by atoms with Crippen molar-refractivity contribution in [1.82, 2.24) is 0 Å². The molecule has 0 aliphatic heterocycles. The van der Waals surface area contributed by atoms with E-state index in [2.05, 4.69) is 62.4 Å². The molecule has 0 N–H and O–H groups in total. The van der Waals surface area contributed by atoms with E-state index >= 15 is 0 Å².